The maximum atomic E-state index is 11.2. The van der Waals surface area contributed by atoms with Crippen LogP contribution < -0.4 is 0 Å². The van der Waals surface area contributed by atoms with E-state index in [1.807, 2.05) is 23.9 Å². The van der Waals surface area contributed by atoms with Gasteiger partial charge in [-0.25, -0.2) is 0 Å². The lowest BCUT2D eigenvalue weighted by Gasteiger charge is -2.04. The molecule has 1 aromatic carbocycles. The highest BCUT2D eigenvalue weighted by atomic mass is 32.2. The topological polar surface area (TPSA) is 17.1 Å². The van der Waals surface area contributed by atoms with Crippen LogP contribution >= 0.6 is 11.8 Å². The Balaban J connectivity index is 1.87. The number of carbonyl (C=O) groups is 1. The molecule has 0 unspecified atom stereocenters. The van der Waals surface area contributed by atoms with Crippen LogP contribution in [0, 0.1) is 0 Å². The third-order valence-electron chi connectivity index (χ3n) is 4.53. The summed E-state index contributed by atoms with van der Waals surface area (Å²) in [7, 11) is 0. The van der Waals surface area contributed by atoms with Crippen molar-refractivity contribution in [1.29, 1.82) is 0 Å². The van der Waals surface area contributed by atoms with E-state index in [2.05, 4.69) is 19.1 Å². The molecule has 0 saturated carbocycles. The molecule has 1 rings (SSSR count). The summed E-state index contributed by atoms with van der Waals surface area (Å²) >= 11 is 1.91. The first-order valence-corrected chi connectivity index (χ1v) is 11.0. The lowest BCUT2D eigenvalue weighted by atomic mass is 10.1. The molecule has 0 spiro atoms. The summed E-state index contributed by atoms with van der Waals surface area (Å²) in [6, 6.07) is 8.02. The van der Waals surface area contributed by atoms with Gasteiger partial charge in [-0.1, -0.05) is 89.7 Å². The normalized spacial score (nSPS) is 10.9. The van der Waals surface area contributed by atoms with Gasteiger partial charge in [-0.2, -0.15) is 0 Å². The summed E-state index contributed by atoms with van der Waals surface area (Å²) in [4.78, 5) is 12.5. The van der Waals surface area contributed by atoms with Crippen molar-refractivity contribution in [3.8, 4) is 0 Å². The van der Waals surface area contributed by atoms with Crippen LogP contribution in [0.2, 0.25) is 0 Å². The molecule has 0 aliphatic carbocycles. The van der Waals surface area contributed by atoms with Crippen molar-refractivity contribution in [3.05, 3.63) is 29.8 Å². The van der Waals surface area contributed by atoms with E-state index in [1.54, 1.807) is 6.92 Å². The third-order valence-corrected chi connectivity index (χ3v) is 5.63. The number of thioether (sulfide) groups is 1. The number of rotatable bonds is 15. The Labute approximate surface area is 154 Å². The number of hydrogen-bond acceptors (Lipinski definition) is 2. The Morgan fingerprint density at radius 1 is 0.750 bits per heavy atom. The Bertz CT molecular complexity index is 424. The zero-order valence-corrected chi connectivity index (χ0v) is 16.6. The van der Waals surface area contributed by atoms with Gasteiger partial charge in [0.2, 0.25) is 0 Å². The Morgan fingerprint density at radius 2 is 1.21 bits per heavy atom. The van der Waals surface area contributed by atoms with E-state index >= 15 is 0 Å². The summed E-state index contributed by atoms with van der Waals surface area (Å²) in [5, 5.41) is 0. The molecule has 0 fully saturated rings. The van der Waals surface area contributed by atoms with E-state index in [1.165, 1.54) is 87.7 Å². The van der Waals surface area contributed by atoms with E-state index in [0.717, 1.165) is 5.56 Å². The summed E-state index contributed by atoms with van der Waals surface area (Å²) in [6.45, 7) is 3.90. The molecule has 24 heavy (non-hydrogen) atoms. The molecule has 1 aromatic rings. The third kappa shape index (κ3) is 10.9. The summed E-state index contributed by atoms with van der Waals surface area (Å²) in [5.74, 6) is 1.34. The maximum absolute atomic E-state index is 11.2. The predicted molar refractivity (Wildman–Crippen MR) is 108 cm³/mol. The molecular weight excluding hydrogens is 312 g/mol. The highest BCUT2D eigenvalue weighted by molar-refractivity contribution is 7.99. The second kappa shape index (κ2) is 14.6. The van der Waals surface area contributed by atoms with Gasteiger partial charge in [0, 0.05) is 10.5 Å². The minimum atomic E-state index is 0.146. The predicted octanol–water partition coefficient (Wildman–Crippen LogP) is 7.68. The zero-order chi connectivity index (χ0) is 17.5. The first kappa shape index (κ1) is 21.3. The van der Waals surface area contributed by atoms with Crippen LogP contribution in [0.15, 0.2) is 29.2 Å². The average molecular weight is 349 g/mol. The molecule has 0 saturated heterocycles. The van der Waals surface area contributed by atoms with Gasteiger partial charge in [0.25, 0.3) is 0 Å². The van der Waals surface area contributed by atoms with Crippen LogP contribution in [0.25, 0.3) is 0 Å². The number of carbonyl (C=O) groups excluding carboxylic acids is 1. The Kier molecular flexibility index (Phi) is 12.9. The lowest BCUT2D eigenvalue weighted by Crippen LogP contribution is -1.90. The summed E-state index contributed by atoms with van der Waals surface area (Å²) < 4.78 is 0. The van der Waals surface area contributed by atoms with Crippen molar-refractivity contribution in [2.24, 2.45) is 0 Å². The first-order valence-electron chi connectivity index (χ1n) is 9.98. The molecule has 0 bridgehead atoms. The number of Topliss-reactive ketones (excluding diaryl/α,β-unsaturated/α-hetero) is 1. The van der Waals surface area contributed by atoms with Gasteiger partial charge in [0.15, 0.2) is 5.78 Å². The molecule has 0 aliphatic heterocycles. The SMILES string of the molecule is CCCCCCCCCCCCCCSc1ccc(C(C)=O)cc1. The highest BCUT2D eigenvalue weighted by Gasteiger charge is 1.99. The Hall–Kier alpha value is -0.760. The number of benzene rings is 1. The van der Waals surface area contributed by atoms with E-state index in [-0.39, 0.29) is 5.78 Å². The monoisotopic (exact) mass is 348 g/mol. The second-order valence-electron chi connectivity index (χ2n) is 6.82. The van der Waals surface area contributed by atoms with Gasteiger partial charge in [-0.15, -0.1) is 11.8 Å². The second-order valence-corrected chi connectivity index (χ2v) is 7.99. The molecule has 0 radical (unpaired) electrons. The summed E-state index contributed by atoms with van der Waals surface area (Å²) in [6.07, 6.45) is 16.8. The highest BCUT2D eigenvalue weighted by Crippen LogP contribution is 2.21. The van der Waals surface area contributed by atoms with Crippen LogP contribution in [0.5, 0.6) is 0 Å². The lowest BCUT2D eigenvalue weighted by molar-refractivity contribution is 0.101. The van der Waals surface area contributed by atoms with Crippen LogP contribution in [-0.4, -0.2) is 11.5 Å². The van der Waals surface area contributed by atoms with Crippen molar-refractivity contribution < 1.29 is 4.79 Å². The fourth-order valence-electron chi connectivity index (χ4n) is 2.92. The van der Waals surface area contributed by atoms with Crippen LogP contribution in [-0.2, 0) is 0 Å². The van der Waals surface area contributed by atoms with Crippen molar-refractivity contribution >= 4 is 17.5 Å². The minimum Gasteiger partial charge on any atom is -0.295 e. The molecule has 0 amide bonds. The fraction of sp³-hybridized carbons (Fsp3) is 0.682. The van der Waals surface area contributed by atoms with Crippen LogP contribution in [0.1, 0.15) is 101 Å². The minimum absolute atomic E-state index is 0.146. The van der Waals surface area contributed by atoms with Crippen molar-refractivity contribution in [2.45, 2.75) is 95.8 Å². The molecule has 136 valence electrons. The number of ketones is 1. The standard InChI is InChI=1S/C22H36OS/c1-3-4-5-6-7-8-9-10-11-12-13-14-19-24-22-17-15-21(16-18-22)20(2)23/h15-18H,3-14,19H2,1-2H3. The first-order chi connectivity index (χ1) is 11.7. The molecule has 2 heteroatoms. The molecule has 0 aromatic heterocycles. The average Bonchev–Trinajstić information content (AvgIpc) is 2.59. The largest absolute Gasteiger partial charge is 0.295 e. The van der Waals surface area contributed by atoms with Gasteiger partial charge in [0.1, 0.15) is 0 Å². The Morgan fingerprint density at radius 3 is 1.67 bits per heavy atom. The van der Waals surface area contributed by atoms with E-state index in [9.17, 15) is 4.79 Å². The molecular formula is C22H36OS. The molecule has 0 atom stereocenters. The van der Waals surface area contributed by atoms with Crippen LogP contribution in [0.4, 0.5) is 0 Å². The summed E-state index contributed by atoms with van der Waals surface area (Å²) in [5.41, 5.74) is 0.810. The molecule has 0 N–H and O–H groups in total. The molecule has 0 aliphatic rings. The smallest absolute Gasteiger partial charge is 0.159 e. The van der Waals surface area contributed by atoms with Gasteiger partial charge >= 0.3 is 0 Å². The van der Waals surface area contributed by atoms with Crippen molar-refractivity contribution in [3.63, 3.8) is 0 Å². The van der Waals surface area contributed by atoms with E-state index in [4.69, 9.17) is 0 Å². The van der Waals surface area contributed by atoms with Gasteiger partial charge in [-0.05, 0) is 31.2 Å². The van der Waals surface area contributed by atoms with Gasteiger partial charge < -0.3 is 0 Å². The van der Waals surface area contributed by atoms with Gasteiger partial charge in [0.05, 0.1) is 0 Å². The van der Waals surface area contributed by atoms with Gasteiger partial charge in [-0.3, -0.25) is 4.79 Å². The molecule has 1 nitrogen and oxygen atoms in total. The molecule has 0 heterocycles. The van der Waals surface area contributed by atoms with E-state index < -0.39 is 0 Å². The zero-order valence-electron chi connectivity index (χ0n) is 15.8. The number of hydrogen-bond donors (Lipinski definition) is 0. The van der Waals surface area contributed by atoms with Crippen molar-refractivity contribution in [1.82, 2.24) is 0 Å². The quantitative estimate of drug-likeness (QED) is 0.184. The number of unbranched alkanes of at least 4 members (excludes halogenated alkanes) is 11. The fourth-order valence-corrected chi connectivity index (χ4v) is 3.83. The maximum Gasteiger partial charge on any atom is 0.159 e. The van der Waals surface area contributed by atoms with E-state index in [0.29, 0.717) is 0 Å². The van der Waals surface area contributed by atoms with Crippen LogP contribution in [0.3, 0.4) is 0 Å². The van der Waals surface area contributed by atoms with Crippen molar-refractivity contribution in [2.75, 3.05) is 5.75 Å².